The second kappa shape index (κ2) is 6.74. The number of pyridine rings is 1. The minimum Gasteiger partial charge on any atom is -0.298 e. The van der Waals surface area contributed by atoms with Gasteiger partial charge >= 0.3 is 6.18 Å². The van der Waals surface area contributed by atoms with Crippen molar-refractivity contribution in [3.63, 3.8) is 0 Å². The first kappa shape index (κ1) is 18.2. The third-order valence-corrected chi connectivity index (χ3v) is 4.58. The van der Waals surface area contributed by atoms with Crippen LogP contribution in [0.1, 0.15) is 23.9 Å². The Kier molecular flexibility index (Phi) is 4.37. The van der Waals surface area contributed by atoms with E-state index in [4.69, 9.17) is 4.98 Å². The molecule has 0 aliphatic carbocycles. The Morgan fingerprint density at radius 1 is 1.00 bits per heavy atom. The SMILES string of the molecule is CCc1ccn2c(-c3ccnc(C(F)(F)F)n3)c(-c3ccc(C)cc3)nc2c1. The number of hydrogen-bond donors (Lipinski definition) is 0. The standard InChI is InChI=1S/C21H17F3N4/c1-3-14-9-11-28-17(12-14)27-18(15-6-4-13(2)5-7-15)19(28)16-8-10-25-20(26-16)21(22,23)24/h4-12H,3H2,1-2H3. The van der Waals surface area contributed by atoms with Gasteiger partial charge in [0.05, 0.1) is 17.1 Å². The second-order valence-electron chi connectivity index (χ2n) is 6.56. The van der Waals surface area contributed by atoms with Crippen LogP contribution in [-0.2, 0) is 12.6 Å². The highest BCUT2D eigenvalue weighted by molar-refractivity contribution is 5.80. The van der Waals surface area contributed by atoms with Crippen LogP contribution in [0.3, 0.4) is 0 Å². The van der Waals surface area contributed by atoms with Crippen molar-refractivity contribution in [2.45, 2.75) is 26.4 Å². The lowest BCUT2D eigenvalue weighted by molar-refractivity contribution is -0.144. The number of aromatic nitrogens is 4. The summed E-state index contributed by atoms with van der Waals surface area (Å²) >= 11 is 0. The summed E-state index contributed by atoms with van der Waals surface area (Å²) in [6.07, 6.45) is -0.826. The van der Waals surface area contributed by atoms with E-state index in [2.05, 4.69) is 9.97 Å². The highest BCUT2D eigenvalue weighted by Crippen LogP contribution is 2.34. The third kappa shape index (κ3) is 3.24. The summed E-state index contributed by atoms with van der Waals surface area (Å²) in [5.74, 6) is -1.17. The van der Waals surface area contributed by atoms with E-state index >= 15 is 0 Å². The zero-order chi connectivity index (χ0) is 19.9. The molecule has 142 valence electrons. The number of imidazole rings is 1. The Labute approximate surface area is 159 Å². The average Bonchev–Trinajstić information content (AvgIpc) is 3.06. The summed E-state index contributed by atoms with van der Waals surface area (Å²) in [4.78, 5) is 11.9. The van der Waals surface area contributed by atoms with Crippen molar-refractivity contribution in [2.75, 3.05) is 0 Å². The number of nitrogens with zero attached hydrogens (tertiary/aromatic N) is 4. The molecule has 0 unspecified atom stereocenters. The average molecular weight is 382 g/mol. The van der Waals surface area contributed by atoms with Gasteiger partial charge in [0, 0.05) is 18.0 Å². The first-order valence-electron chi connectivity index (χ1n) is 8.85. The number of hydrogen-bond acceptors (Lipinski definition) is 3. The van der Waals surface area contributed by atoms with Gasteiger partial charge < -0.3 is 0 Å². The lowest BCUT2D eigenvalue weighted by Gasteiger charge is -2.09. The minimum absolute atomic E-state index is 0.176. The molecule has 0 radical (unpaired) electrons. The molecular formula is C21H17F3N4. The van der Waals surface area contributed by atoms with Crippen LogP contribution in [-0.4, -0.2) is 19.4 Å². The molecule has 3 heterocycles. The molecule has 4 rings (SSSR count). The smallest absolute Gasteiger partial charge is 0.298 e. The zero-order valence-electron chi connectivity index (χ0n) is 15.3. The highest BCUT2D eigenvalue weighted by atomic mass is 19.4. The summed E-state index contributed by atoms with van der Waals surface area (Å²) in [5.41, 5.74) is 4.93. The second-order valence-corrected chi connectivity index (χ2v) is 6.56. The molecule has 0 bridgehead atoms. The van der Waals surface area contributed by atoms with Crippen LogP contribution in [0.5, 0.6) is 0 Å². The molecule has 0 aliphatic heterocycles. The van der Waals surface area contributed by atoms with Crippen LogP contribution in [0, 0.1) is 6.92 Å². The largest absolute Gasteiger partial charge is 0.451 e. The van der Waals surface area contributed by atoms with Gasteiger partial charge in [-0.05, 0) is 37.1 Å². The van der Waals surface area contributed by atoms with E-state index in [1.165, 1.54) is 6.07 Å². The maximum Gasteiger partial charge on any atom is 0.451 e. The van der Waals surface area contributed by atoms with E-state index in [0.717, 1.165) is 29.3 Å². The molecule has 0 fully saturated rings. The molecule has 3 aromatic heterocycles. The summed E-state index contributed by atoms with van der Waals surface area (Å²) < 4.78 is 41.2. The lowest BCUT2D eigenvalue weighted by atomic mass is 10.1. The van der Waals surface area contributed by atoms with Gasteiger partial charge in [-0.2, -0.15) is 13.2 Å². The molecule has 0 spiro atoms. The van der Waals surface area contributed by atoms with Gasteiger partial charge in [-0.1, -0.05) is 36.8 Å². The fraction of sp³-hybridized carbons (Fsp3) is 0.190. The fourth-order valence-corrected chi connectivity index (χ4v) is 3.09. The van der Waals surface area contributed by atoms with Crippen molar-refractivity contribution < 1.29 is 13.2 Å². The van der Waals surface area contributed by atoms with Crippen molar-refractivity contribution in [1.29, 1.82) is 0 Å². The van der Waals surface area contributed by atoms with E-state index in [-0.39, 0.29) is 5.69 Å². The van der Waals surface area contributed by atoms with Crippen molar-refractivity contribution in [3.05, 3.63) is 71.8 Å². The fourth-order valence-electron chi connectivity index (χ4n) is 3.09. The molecule has 1 aromatic carbocycles. The molecule has 0 aliphatic rings. The van der Waals surface area contributed by atoms with Crippen LogP contribution < -0.4 is 0 Å². The first-order valence-corrected chi connectivity index (χ1v) is 8.85. The van der Waals surface area contributed by atoms with Gasteiger partial charge in [-0.25, -0.2) is 15.0 Å². The monoisotopic (exact) mass is 382 g/mol. The molecular weight excluding hydrogens is 365 g/mol. The predicted octanol–water partition coefficient (Wildman–Crippen LogP) is 5.35. The number of alkyl halides is 3. The highest BCUT2D eigenvalue weighted by Gasteiger charge is 2.35. The van der Waals surface area contributed by atoms with Gasteiger partial charge in [0.15, 0.2) is 0 Å². The molecule has 28 heavy (non-hydrogen) atoms. The zero-order valence-corrected chi connectivity index (χ0v) is 15.3. The quantitative estimate of drug-likeness (QED) is 0.480. The van der Waals surface area contributed by atoms with Crippen molar-refractivity contribution in [2.24, 2.45) is 0 Å². The normalized spacial score (nSPS) is 11.9. The lowest BCUT2D eigenvalue weighted by Crippen LogP contribution is -2.11. The predicted molar refractivity (Wildman–Crippen MR) is 101 cm³/mol. The van der Waals surface area contributed by atoms with E-state index in [0.29, 0.717) is 17.0 Å². The minimum atomic E-state index is -4.62. The van der Waals surface area contributed by atoms with Crippen molar-refractivity contribution in [1.82, 2.24) is 19.4 Å². The number of halogens is 3. The number of rotatable bonds is 3. The summed E-state index contributed by atoms with van der Waals surface area (Å²) in [6, 6.07) is 13.1. The molecule has 0 N–H and O–H groups in total. The summed E-state index contributed by atoms with van der Waals surface area (Å²) in [7, 11) is 0. The Morgan fingerprint density at radius 3 is 2.43 bits per heavy atom. The molecule has 0 amide bonds. The van der Waals surface area contributed by atoms with E-state index in [9.17, 15) is 13.2 Å². The molecule has 0 atom stereocenters. The molecule has 7 heteroatoms. The Balaban J connectivity index is 2.00. The van der Waals surface area contributed by atoms with Gasteiger partial charge in [0.2, 0.25) is 5.82 Å². The van der Waals surface area contributed by atoms with Gasteiger partial charge in [0.25, 0.3) is 0 Å². The van der Waals surface area contributed by atoms with Crippen LogP contribution in [0.4, 0.5) is 13.2 Å². The van der Waals surface area contributed by atoms with E-state index in [1.807, 2.05) is 56.4 Å². The topological polar surface area (TPSA) is 43.1 Å². The van der Waals surface area contributed by atoms with E-state index < -0.39 is 12.0 Å². The molecule has 4 nitrogen and oxygen atoms in total. The maximum atomic E-state index is 13.1. The third-order valence-electron chi connectivity index (χ3n) is 4.58. The van der Waals surface area contributed by atoms with Gasteiger partial charge in [-0.3, -0.25) is 4.40 Å². The van der Waals surface area contributed by atoms with Crippen molar-refractivity contribution in [3.8, 4) is 22.6 Å². The first-order chi connectivity index (χ1) is 13.4. The van der Waals surface area contributed by atoms with Crippen molar-refractivity contribution >= 4 is 5.65 Å². The van der Waals surface area contributed by atoms with Gasteiger partial charge in [-0.15, -0.1) is 0 Å². The summed E-state index contributed by atoms with van der Waals surface area (Å²) in [6.45, 7) is 4.01. The maximum absolute atomic E-state index is 13.1. The Hall–Kier alpha value is -3.22. The number of fused-ring (bicyclic) bond motifs is 1. The summed E-state index contributed by atoms with van der Waals surface area (Å²) in [5, 5.41) is 0. The number of aryl methyl sites for hydroxylation is 2. The Bertz CT molecular complexity index is 1140. The van der Waals surface area contributed by atoms with Gasteiger partial charge in [0.1, 0.15) is 5.65 Å². The van der Waals surface area contributed by atoms with Crippen LogP contribution in [0.15, 0.2) is 54.9 Å². The van der Waals surface area contributed by atoms with Crippen LogP contribution in [0.2, 0.25) is 0 Å². The van der Waals surface area contributed by atoms with Crippen LogP contribution >= 0.6 is 0 Å². The van der Waals surface area contributed by atoms with E-state index in [1.54, 1.807) is 4.40 Å². The molecule has 4 aromatic rings. The van der Waals surface area contributed by atoms with Crippen LogP contribution in [0.25, 0.3) is 28.3 Å². The Morgan fingerprint density at radius 2 is 1.75 bits per heavy atom. The number of benzene rings is 1. The molecule has 0 saturated heterocycles. The molecule has 0 saturated carbocycles.